The third kappa shape index (κ3) is 4.72. The molecule has 3 aromatic rings. The SMILES string of the molecule is COc1ccc(CN2[C@@H](CC(=O)NCc3ccccc3OC)c3ccccc3S2(=O)=O)cc1. The number of nitrogens with zero attached hydrogens (tertiary/aromatic N) is 1. The van der Waals surface area contributed by atoms with Crippen LogP contribution in [-0.4, -0.2) is 32.8 Å². The van der Waals surface area contributed by atoms with E-state index in [0.717, 1.165) is 11.1 Å². The molecule has 0 aromatic heterocycles. The molecule has 1 N–H and O–H groups in total. The number of rotatable bonds is 8. The van der Waals surface area contributed by atoms with Gasteiger partial charge in [0.15, 0.2) is 0 Å². The van der Waals surface area contributed by atoms with Crippen molar-refractivity contribution in [1.82, 2.24) is 9.62 Å². The Morgan fingerprint density at radius 2 is 1.64 bits per heavy atom. The third-order valence-corrected chi connectivity index (χ3v) is 7.69. The molecule has 1 aliphatic rings. The van der Waals surface area contributed by atoms with Crippen LogP contribution in [0.1, 0.15) is 29.2 Å². The van der Waals surface area contributed by atoms with Crippen molar-refractivity contribution in [2.24, 2.45) is 0 Å². The number of amides is 1. The zero-order valence-corrected chi connectivity index (χ0v) is 19.3. The molecule has 172 valence electrons. The average molecular weight is 467 g/mol. The Kier molecular flexibility index (Phi) is 6.67. The molecule has 1 amide bonds. The van der Waals surface area contributed by atoms with Crippen LogP contribution in [0.25, 0.3) is 0 Å². The van der Waals surface area contributed by atoms with Gasteiger partial charge in [0.05, 0.1) is 25.2 Å². The summed E-state index contributed by atoms with van der Waals surface area (Å²) >= 11 is 0. The van der Waals surface area contributed by atoms with Crippen molar-refractivity contribution in [3.8, 4) is 11.5 Å². The minimum absolute atomic E-state index is 0.0154. The van der Waals surface area contributed by atoms with Crippen LogP contribution in [0.15, 0.2) is 77.7 Å². The van der Waals surface area contributed by atoms with E-state index in [9.17, 15) is 13.2 Å². The minimum Gasteiger partial charge on any atom is -0.497 e. The number of carbonyl (C=O) groups is 1. The van der Waals surface area contributed by atoms with Crippen molar-refractivity contribution in [2.75, 3.05) is 14.2 Å². The molecule has 0 fully saturated rings. The summed E-state index contributed by atoms with van der Waals surface area (Å²) in [4.78, 5) is 13.1. The van der Waals surface area contributed by atoms with Crippen LogP contribution in [0, 0.1) is 0 Å². The molecular formula is C25H26N2O5S. The molecule has 1 heterocycles. The van der Waals surface area contributed by atoms with Crippen molar-refractivity contribution in [2.45, 2.75) is 30.4 Å². The van der Waals surface area contributed by atoms with Crippen LogP contribution < -0.4 is 14.8 Å². The fraction of sp³-hybridized carbons (Fsp3) is 0.240. The van der Waals surface area contributed by atoms with Gasteiger partial charge in [-0.2, -0.15) is 4.31 Å². The maximum absolute atomic E-state index is 13.3. The second kappa shape index (κ2) is 9.64. The number of benzene rings is 3. The van der Waals surface area contributed by atoms with Crippen molar-refractivity contribution < 1.29 is 22.7 Å². The number of sulfonamides is 1. The number of hydrogen-bond donors (Lipinski definition) is 1. The smallest absolute Gasteiger partial charge is 0.244 e. The number of para-hydroxylation sites is 1. The Morgan fingerprint density at radius 1 is 0.939 bits per heavy atom. The van der Waals surface area contributed by atoms with E-state index in [1.54, 1.807) is 50.6 Å². The molecule has 33 heavy (non-hydrogen) atoms. The molecular weight excluding hydrogens is 440 g/mol. The van der Waals surface area contributed by atoms with Crippen LogP contribution in [-0.2, 0) is 27.9 Å². The van der Waals surface area contributed by atoms with Gasteiger partial charge in [0.1, 0.15) is 11.5 Å². The lowest BCUT2D eigenvalue weighted by Gasteiger charge is -2.23. The van der Waals surface area contributed by atoms with E-state index in [1.165, 1.54) is 4.31 Å². The second-order valence-corrected chi connectivity index (χ2v) is 9.60. The highest BCUT2D eigenvalue weighted by molar-refractivity contribution is 7.89. The van der Waals surface area contributed by atoms with Crippen LogP contribution >= 0.6 is 0 Å². The predicted octanol–water partition coefficient (Wildman–Crippen LogP) is 3.66. The van der Waals surface area contributed by atoms with Gasteiger partial charge < -0.3 is 14.8 Å². The van der Waals surface area contributed by atoms with Gasteiger partial charge >= 0.3 is 0 Å². The molecule has 0 aliphatic carbocycles. The van der Waals surface area contributed by atoms with E-state index in [0.29, 0.717) is 23.6 Å². The quantitative estimate of drug-likeness (QED) is 0.548. The largest absolute Gasteiger partial charge is 0.497 e. The average Bonchev–Trinajstić information content (AvgIpc) is 3.05. The molecule has 4 rings (SSSR count). The molecule has 0 saturated heterocycles. The highest BCUT2D eigenvalue weighted by atomic mass is 32.2. The van der Waals surface area contributed by atoms with E-state index >= 15 is 0 Å². The fourth-order valence-electron chi connectivity index (χ4n) is 4.05. The molecule has 1 aliphatic heterocycles. The minimum atomic E-state index is -3.73. The van der Waals surface area contributed by atoms with Crippen LogP contribution in [0.5, 0.6) is 11.5 Å². The van der Waals surface area contributed by atoms with Crippen LogP contribution in [0.4, 0.5) is 0 Å². The first-order chi connectivity index (χ1) is 15.9. The first-order valence-electron chi connectivity index (χ1n) is 10.6. The van der Waals surface area contributed by atoms with Crippen molar-refractivity contribution >= 4 is 15.9 Å². The molecule has 0 saturated carbocycles. The third-order valence-electron chi connectivity index (χ3n) is 5.76. The molecule has 0 unspecified atom stereocenters. The number of carbonyl (C=O) groups excluding carboxylic acids is 1. The van der Waals surface area contributed by atoms with Crippen molar-refractivity contribution in [1.29, 1.82) is 0 Å². The number of fused-ring (bicyclic) bond motifs is 1. The maximum Gasteiger partial charge on any atom is 0.244 e. The lowest BCUT2D eigenvalue weighted by atomic mass is 10.0. The maximum atomic E-state index is 13.3. The monoisotopic (exact) mass is 466 g/mol. The van der Waals surface area contributed by atoms with Crippen LogP contribution in [0.2, 0.25) is 0 Å². The molecule has 8 heteroatoms. The molecule has 7 nitrogen and oxygen atoms in total. The fourth-order valence-corrected chi connectivity index (χ4v) is 5.90. The lowest BCUT2D eigenvalue weighted by molar-refractivity contribution is -0.122. The zero-order chi connectivity index (χ0) is 23.4. The highest BCUT2D eigenvalue weighted by Crippen LogP contribution is 2.42. The number of methoxy groups -OCH3 is 2. The van der Waals surface area contributed by atoms with Gasteiger partial charge in [-0.25, -0.2) is 8.42 Å². The first kappa shape index (κ1) is 22.8. The summed E-state index contributed by atoms with van der Waals surface area (Å²) < 4.78 is 38.6. The van der Waals surface area contributed by atoms with E-state index in [2.05, 4.69) is 5.32 Å². The molecule has 0 radical (unpaired) electrons. The van der Waals surface area contributed by atoms with E-state index in [4.69, 9.17) is 9.47 Å². The van der Waals surface area contributed by atoms with Gasteiger partial charge in [-0.1, -0.05) is 48.5 Å². The number of nitrogens with one attached hydrogen (secondary N) is 1. The summed E-state index contributed by atoms with van der Waals surface area (Å²) in [6.45, 7) is 0.452. The standard InChI is InChI=1S/C25H26N2O5S/c1-31-20-13-11-18(12-14-20)17-27-22(21-8-4-6-10-24(21)33(27,29)30)15-25(28)26-16-19-7-3-5-9-23(19)32-2/h3-14,22H,15-17H2,1-2H3,(H,26,28)/t22-/m0/s1. The molecule has 0 spiro atoms. The molecule has 1 atom stereocenters. The van der Waals surface area contributed by atoms with E-state index in [-0.39, 0.29) is 23.8 Å². The number of hydrogen-bond acceptors (Lipinski definition) is 5. The van der Waals surface area contributed by atoms with Gasteiger partial charge in [-0.05, 0) is 35.4 Å². The summed E-state index contributed by atoms with van der Waals surface area (Å²) in [5.74, 6) is 1.14. The van der Waals surface area contributed by atoms with E-state index in [1.807, 2.05) is 36.4 Å². The van der Waals surface area contributed by atoms with Gasteiger partial charge in [0.25, 0.3) is 0 Å². The van der Waals surface area contributed by atoms with Crippen molar-refractivity contribution in [3.63, 3.8) is 0 Å². The summed E-state index contributed by atoms with van der Waals surface area (Å²) in [6.07, 6.45) is 0.0154. The Balaban J connectivity index is 1.55. The molecule has 0 bridgehead atoms. The van der Waals surface area contributed by atoms with Crippen molar-refractivity contribution in [3.05, 3.63) is 89.5 Å². The summed E-state index contributed by atoms with van der Waals surface area (Å²) in [5.41, 5.74) is 2.30. The Hall–Kier alpha value is -3.36. The Morgan fingerprint density at radius 3 is 2.36 bits per heavy atom. The van der Waals surface area contributed by atoms with Gasteiger partial charge in [0, 0.05) is 25.1 Å². The molecule has 3 aromatic carbocycles. The first-order valence-corrected chi connectivity index (χ1v) is 12.0. The summed E-state index contributed by atoms with van der Waals surface area (Å²) in [7, 11) is -0.570. The zero-order valence-electron chi connectivity index (χ0n) is 18.5. The van der Waals surface area contributed by atoms with Gasteiger partial charge in [-0.3, -0.25) is 4.79 Å². The van der Waals surface area contributed by atoms with Gasteiger partial charge in [-0.15, -0.1) is 0 Å². The normalized spacial score (nSPS) is 16.7. The van der Waals surface area contributed by atoms with Crippen LogP contribution in [0.3, 0.4) is 0 Å². The number of ether oxygens (including phenoxy) is 2. The topological polar surface area (TPSA) is 84.9 Å². The Bertz CT molecular complexity index is 1240. The lowest BCUT2D eigenvalue weighted by Crippen LogP contribution is -2.32. The summed E-state index contributed by atoms with van der Waals surface area (Å²) in [6, 6.07) is 21.0. The predicted molar refractivity (Wildman–Crippen MR) is 124 cm³/mol. The Labute approximate surface area is 194 Å². The highest BCUT2D eigenvalue weighted by Gasteiger charge is 2.43. The van der Waals surface area contributed by atoms with Gasteiger partial charge in [0.2, 0.25) is 15.9 Å². The second-order valence-electron chi connectivity index (χ2n) is 7.74. The summed E-state index contributed by atoms with van der Waals surface area (Å²) in [5, 5.41) is 2.90. The van der Waals surface area contributed by atoms with E-state index < -0.39 is 16.1 Å².